The minimum atomic E-state index is -2.73. The van der Waals surface area contributed by atoms with Crippen LogP contribution in [0.4, 0.5) is 0 Å². The SMILES string of the molecule is [2H]C1(C)OC(=O)C([2H])([2H])C1([2H])[2H]. The van der Waals surface area contributed by atoms with Crippen molar-refractivity contribution in [2.75, 3.05) is 0 Å². The third-order valence-corrected chi connectivity index (χ3v) is 0.586. The van der Waals surface area contributed by atoms with E-state index in [1.165, 1.54) is 0 Å². The first-order chi connectivity index (χ1) is 5.13. The van der Waals surface area contributed by atoms with Crippen LogP contribution in [0.1, 0.15) is 26.5 Å². The Kier molecular flexibility index (Phi) is 0.320. The van der Waals surface area contributed by atoms with Gasteiger partial charge in [-0.05, 0) is 13.3 Å². The molecule has 1 aliphatic rings. The molecule has 2 heteroatoms. The fourth-order valence-electron chi connectivity index (χ4n) is 0.329. The highest BCUT2D eigenvalue weighted by atomic mass is 16.5. The number of cyclic esters (lactones) is 1. The van der Waals surface area contributed by atoms with Crippen LogP contribution in [0.2, 0.25) is 0 Å². The van der Waals surface area contributed by atoms with E-state index in [9.17, 15) is 4.79 Å². The Morgan fingerprint density at radius 2 is 3.00 bits per heavy atom. The zero-order valence-electron chi connectivity index (χ0n) is 8.82. The van der Waals surface area contributed by atoms with Gasteiger partial charge in [0, 0.05) is 11.9 Å². The van der Waals surface area contributed by atoms with Crippen molar-refractivity contribution >= 4 is 5.97 Å². The second kappa shape index (κ2) is 1.52. The van der Waals surface area contributed by atoms with Gasteiger partial charge in [-0.3, -0.25) is 4.79 Å². The summed E-state index contributed by atoms with van der Waals surface area (Å²) in [7, 11) is 0. The lowest BCUT2D eigenvalue weighted by Crippen LogP contribution is -1.98. The third-order valence-electron chi connectivity index (χ3n) is 0.586. The summed E-state index contributed by atoms with van der Waals surface area (Å²) in [6.45, 7) is 1.02. The van der Waals surface area contributed by atoms with Gasteiger partial charge in [0.1, 0.15) is 0 Å². The molecular formula is C5H8O2. The Morgan fingerprint density at radius 1 is 2.29 bits per heavy atom. The second-order valence-electron chi connectivity index (χ2n) is 1.20. The van der Waals surface area contributed by atoms with Gasteiger partial charge in [-0.15, -0.1) is 0 Å². The number of ether oxygens (including phenoxy) is 1. The van der Waals surface area contributed by atoms with Crippen molar-refractivity contribution in [3.63, 3.8) is 0 Å². The van der Waals surface area contributed by atoms with E-state index in [1.807, 2.05) is 0 Å². The van der Waals surface area contributed by atoms with Gasteiger partial charge in [0.15, 0.2) is 0 Å². The smallest absolute Gasteiger partial charge is 0.306 e. The molecule has 1 heterocycles. The summed E-state index contributed by atoms with van der Waals surface area (Å²) in [5, 5.41) is 0. The zero-order chi connectivity index (χ0) is 9.78. The summed E-state index contributed by atoms with van der Waals surface area (Å²) < 4.78 is 39.9. The third kappa shape index (κ3) is 0.918. The van der Waals surface area contributed by atoms with Crippen LogP contribution >= 0.6 is 0 Å². The molecular weight excluding hydrogens is 92.1 g/mol. The standard InChI is InChI=1S/C5H8O2/c1-4-2-3-5(6)7-4/h4H,2-3H2,1H3/i2D2,3D2,4D. The predicted octanol–water partition coefficient (Wildman–Crippen LogP) is 0.712. The Balaban J connectivity index is 3.19. The molecule has 0 amide bonds. The quantitative estimate of drug-likeness (QED) is 0.424. The number of carbonyl (C=O) groups excluding carboxylic acids is 1. The Morgan fingerprint density at radius 3 is 3.14 bits per heavy atom. The van der Waals surface area contributed by atoms with Crippen LogP contribution in [0, 0.1) is 0 Å². The average molecular weight is 105 g/mol. The molecule has 1 rings (SSSR count). The van der Waals surface area contributed by atoms with E-state index in [0.717, 1.165) is 6.92 Å². The number of esters is 1. The lowest BCUT2D eigenvalue weighted by Gasteiger charge is -1.95. The Hall–Kier alpha value is -0.530. The minimum Gasteiger partial charge on any atom is -0.463 e. The molecule has 1 aliphatic heterocycles. The fraction of sp³-hybridized carbons (Fsp3) is 0.800. The highest BCUT2D eigenvalue weighted by Crippen LogP contribution is 2.11. The van der Waals surface area contributed by atoms with Crippen molar-refractivity contribution in [2.45, 2.75) is 25.7 Å². The van der Waals surface area contributed by atoms with E-state index >= 15 is 0 Å². The number of rotatable bonds is 0. The summed E-state index contributed by atoms with van der Waals surface area (Å²) in [6, 6.07) is 0. The molecule has 0 bridgehead atoms. The maximum absolute atomic E-state index is 10.8. The van der Waals surface area contributed by atoms with Gasteiger partial charge in [-0.25, -0.2) is 0 Å². The molecule has 1 fully saturated rings. The van der Waals surface area contributed by atoms with E-state index in [1.54, 1.807) is 0 Å². The number of hydrogen-bond donors (Lipinski definition) is 0. The molecule has 0 aromatic carbocycles. The molecule has 1 saturated heterocycles. The van der Waals surface area contributed by atoms with Crippen LogP contribution in [0.15, 0.2) is 0 Å². The summed E-state index contributed by atoms with van der Waals surface area (Å²) >= 11 is 0. The maximum Gasteiger partial charge on any atom is 0.306 e. The van der Waals surface area contributed by atoms with E-state index < -0.39 is 24.8 Å². The van der Waals surface area contributed by atoms with E-state index in [-0.39, 0.29) is 0 Å². The van der Waals surface area contributed by atoms with Gasteiger partial charge in [0.25, 0.3) is 0 Å². The molecule has 0 radical (unpaired) electrons. The van der Waals surface area contributed by atoms with E-state index in [2.05, 4.69) is 4.74 Å². The molecule has 0 N–H and O–H groups in total. The van der Waals surface area contributed by atoms with Crippen LogP contribution in [-0.2, 0) is 9.53 Å². The zero-order valence-corrected chi connectivity index (χ0v) is 3.82. The van der Waals surface area contributed by atoms with Crippen molar-refractivity contribution in [1.82, 2.24) is 0 Å². The van der Waals surface area contributed by atoms with Gasteiger partial charge in [0.2, 0.25) is 0 Å². The molecule has 2 nitrogen and oxygen atoms in total. The van der Waals surface area contributed by atoms with Gasteiger partial charge in [0.05, 0.1) is 7.45 Å². The monoisotopic (exact) mass is 105 g/mol. The average Bonchev–Trinajstić information content (AvgIpc) is 1.92. The Labute approximate surface area is 49.5 Å². The predicted molar refractivity (Wildman–Crippen MR) is 24.8 cm³/mol. The van der Waals surface area contributed by atoms with Gasteiger partial charge < -0.3 is 4.74 Å². The van der Waals surface area contributed by atoms with Crippen molar-refractivity contribution in [2.24, 2.45) is 0 Å². The summed E-state index contributed by atoms with van der Waals surface area (Å²) in [6.07, 6.45) is -7.49. The highest BCUT2D eigenvalue weighted by Gasteiger charge is 2.17. The minimum absolute atomic E-state index is 1.02. The molecule has 0 spiro atoms. The van der Waals surface area contributed by atoms with Crippen molar-refractivity contribution in [3.8, 4) is 0 Å². The largest absolute Gasteiger partial charge is 0.463 e. The molecule has 0 aromatic rings. The first-order valence-corrected chi connectivity index (χ1v) is 1.86. The molecule has 0 aromatic heterocycles. The molecule has 0 aliphatic carbocycles. The normalized spacial score (nSPS) is 65.9. The van der Waals surface area contributed by atoms with Crippen molar-refractivity contribution < 1.29 is 16.4 Å². The van der Waals surface area contributed by atoms with Crippen LogP contribution in [0.5, 0.6) is 0 Å². The van der Waals surface area contributed by atoms with Crippen molar-refractivity contribution in [1.29, 1.82) is 0 Å². The summed E-state index contributed by atoms with van der Waals surface area (Å²) in [5.41, 5.74) is 0. The molecule has 0 saturated carbocycles. The van der Waals surface area contributed by atoms with Gasteiger partial charge in [-0.1, -0.05) is 0 Å². The molecule has 7 heavy (non-hydrogen) atoms. The van der Waals surface area contributed by atoms with E-state index in [0.29, 0.717) is 0 Å². The molecule has 1 unspecified atom stereocenters. The lowest BCUT2D eigenvalue weighted by molar-refractivity contribution is -0.140. The summed E-state index contributed by atoms with van der Waals surface area (Å²) in [4.78, 5) is 10.8. The van der Waals surface area contributed by atoms with Crippen LogP contribution in [0.25, 0.3) is 0 Å². The topological polar surface area (TPSA) is 26.3 Å². The molecule has 1 atom stereocenters. The van der Waals surface area contributed by atoms with Gasteiger partial charge in [-0.2, -0.15) is 0 Å². The first-order valence-electron chi connectivity index (χ1n) is 4.36. The Bertz CT molecular complexity index is 234. The highest BCUT2D eigenvalue weighted by molar-refractivity contribution is 5.71. The summed E-state index contributed by atoms with van der Waals surface area (Å²) in [5.74, 6) is -1.31. The van der Waals surface area contributed by atoms with Crippen molar-refractivity contribution in [3.05, 3.63) is 0 Å². The van der Waals surface area contributed by atoms with Crippen LogP contribution < -0.4 is 0 Å². The second-order valence-corrected chi connectivity index (χ2v) is 1.20. The van der Waals surface area contributed by atoms with Crippen LogP contribution in [-0.4, -0.2) is 12.0 Å². The van der Waals surface area contributed by atoms with E-state index in [4.69, 9.17) is 6.85 Å². The van der Waals surface area contributed by atoms with Gasteiger partial charge >= 0.3 is 5.97 Å². The number of carbonyl (C=O) groups is 1. The maximum atomic E-state index is 10.8. The first kappa shape index (κ1) is 1.47. The number of hydrogen-bond acceptors (Lipinski definition) is 2. The fourth-order valence-corrected chi connectivity index (χ4v) is 0.329. The lowest BCUT2D eigenvalue weighted by atomic mass is 10.3. The molecule has 40 valence electrons. The van der Waals surface area contributed by atoms with Crippen LogP contribution in [0.3, 0.4) is 0 Å².